The predicted octanol–water partition coefficient (Wildman–Crippen LogP) is 5.11. The molecule has 0 fully saturated rings. The van der Waals surface area contributed by atoms with Gasteiger partial charge in [-0.2, -0.15) is 0 Å². The Kier molecular flexibility index (Phi) is 2.55. The zero-order valence-corrected chi connectivity index (χ0v) is 11.2. The molecule has 19 heavy (non-hydrogen) atoms. The van der Waals surface area contributed by atoms with E-state index in [2.05, 4.69) is 48.6 Å². The molecule has 0 atom stereocenters. The van der Waals surface area contributed by atoms with Crippen molar-refractivity contribution in [2.45, 2.75) is 32.1 Å². The molecule has 4 aliphatic rings. The number of hydrogen-bond acceptors (Lipinski definition) is 0. The molecule has 94 valence electrons. The van der Waals surface area contributed by atoms with Crippen molar-refractivity contribution in [3.8, 4) is 0 Å². The number of hydrogen-bond donors (Lipinski definition) is 0. The van der Waals surface area contributed by atoms with E-state index in [1.165, 1.54) is 42.4 Å². The minimum atomic E-state index is 1.11. The average molecular weight is 246 g/mol. The van der Waals surface area contributed by atoms with Crippen LogP contribution in [0.25, 0.3) is 0 Å². The van der Waals surface area contributed by atoms with Gasteiger partial charge in [0.15, 0.2) is 0 Å². The highest BCUT2D eigenvalue weighted by Crippen LogP contribution is 2.49. The first-order valence-electron chi connectivity index (χ1n) is 7.32. The summed E-state index contributed by atoms with van der Waals surface area (Å²) in [6, 6.07) is 0. The summed E-state index contributed by atoms with van der Waals surface area (Å²) in [5, 5.41) is 0. The lowest BCUT2D eigenvalue weighted by Gasteiger charge is -2.11. The summed E-state index contributed by atoms with van der Waals surface area (Å²) < 4.78 is 0. The van der Waals surface area contributed by atoms with Gasteiger partial charge in [0.2, 0.25) is 0 Å². The molecule has 0 aliphatic heterocycles. The summed E-state index contributed by atoms with van der Waals surface area (Å²) in [4.78, 5) is 0. The van der Waals surface area contributed by atoms with Crippen molar-refractivity contribution in [2.24, 2.45) is 0 Å². The van der Waals surface area contributed by atoms with E-state index >= 15 is 0 Å². The first-order valence-corrected chi connectivity index (χ1v) is 7.32. The summed E-state index contributed by atoms with van der Waals surface area (Å²) in [6.45, 7) is 0. The molecule has 4 rings (SSSR count). The van der Waals surface area contributed by atoms with Gasteiger partial charge in [-0.05, 0) is 65.5 Å². The maximum atomic E-state index is 2.45. The van der Waals surface area contributed by atoms with Crippen molar-refractivity contribution in [1.82, 2.24) is 0 Å². The van der Waals surface area contributed by atoms with Crippen molar-refractivity contribution < 1.29 is 0 Å². The average Bonchev–Trinajstić information content (AvgIpc) is 2.84. The zero-order chi connectivity index (χ0) is 12.7. The SMILES string of the molecule is C1=C/C=C2/CC=C3C4=C(CC/C=C\CC4)C(=C32)C=C1. The second-order valence-corrected chi connectivity index (χ2v) is 5.55. The van der Waals surface area contributed by atoms with E-state index in [0.29, 0.717) is 0 Å². The Balaban J connectivity index is 1.88. The molecular formula is C19H18. The smallest absolute Gasteiger partial charge is 0.00735 e. The molecule has 0 heteroatoms. The fraction of sp³-hybridized carbons (Fsp3) is 0.263. The van der Waals surface area contributed by atoms with Crippen LogP contribution in [0.5, 0.6) is 0 Å². The van der Waals surface area contributed by atoms with Crippen LogP contribution in [0.2, 0.25) is 0 Å². The summed E-state index contributed by atoms with van der Waals surface area (Å²) in [5.74, 6) is 0. The van der Waals surface area contributed by atoms with Crippen LogP contribution < -0.4 is 0 Å². The molecule has 0 aromatic rings. The van der Waals surface area contributed by atoms with Gasteiger partial charge in [-0.1, -0.05) is 48.6 Å². The first-order chi connectivity index (χ1) is 9.45. The fourth-order valence-corrected chi connectivity index (χ4v) is 3.64. The zero-order valence-electron chi connectivity index (χ0n) is 11.2. The molecule has 0 nitrogen and oxygen atoms in total. The minimum absolute atomic E-state index is 1.11. The molecule has 0 unspecified atom stereocenters. The van der Waals surface area contributed by atoms with Crippen molar-refractivity contribution in [2.75, 3.05) is 0 Å². The van der Waals surface area contributed by atoms with Gasteiger partial charge in [-0.3, -0.25) is 0 Å². The quantitative estimate of drug-likeness (QED) is 0.521. The topological polar surface area (TPSA) is 0 Å². The van der Waals surface area contributed by atoms with Crippen LogP contribution in [0, 0.1) is 0 Å². The van der Waals surface area contributed by atoms with Crippen LogP contribution in [0.1, 0.15) is 32.1 Å². The van der Waals surface area contributed by atoms with E-state index in [-0.39, 0.29) is 0 Å². The predicted molar refractivity (Wildman–Crippen MR) is 80.7 cm³/mol. The lowest BCUT2D eigenvalue weighted by Crippen LogP contribution is -1.93. The van der Waals surface area contributed by atoms with Gasteiger partial charge in [-0.25, -0.2) is 0 Å². The first kappa shape index (κ1) is 11.0. The van der Waals surface area contributed by atoms with Crippen LogP contribution in [0.4, 0.5) is 0 Å². The van der Waals surface area contributed by atoms with Gasteiger partial charge in [0.05, 0.1) is 0 Å². The molecular weight excluding hydrogens is 228 g/mol. The van der Waals surface area contributed by atoms with Gasteiger partial charge in [0.1, 0.15) is 0 Å². The van der Waals surface area contributed by atoms with E-state index in [1.54, 1.807) is 16.7 Å². The largest absolute Gasteiger partial charge is 0.0882 e. The third kappa shape index (κ3) is 1.67. The molecule has 0 bridgehead atoms. The maximum Gasteiger partial charge on any atom is -0.00735 e. The number of rotatable bonds is 0. The summed E-state index contributed by atoms with van der Waals surface area (Å²) in [7, 11) is 0. The molecule has 0 spiro atoms. The second kappa shape index (κ2) is 4.38. The lowest BCUT2D eigenvalue weighted by atomic mass is 9.93. The van der Waals surface area contributed by atoms with Gasteiger partial charge < -0.3 is 0 Å². The molecule has 0 heterocycles. The highest BCUT2D eigenvalue weighted by molar-refractivity contribution is 5.76. The van der Waals surface area contributed by atoms with E-state index in [4.69, 9.17) is 0 Å². The molecule has 0 radical (unpaired) electrons. The highest BCUT2D eigenvalue weighted by atomic mass is 14.4. The van der Waals surface area contributed by atoms with Crippen molar-refractivity contribution >= 4 is 0 Å². The molecule has 0 aromatic carbocycles. The standard InChI is InChI=1S/C19H18/c1-2-6-10-16-15(9-5-1)17-11-7-3-4-8-14-12-13-18(16)19(14)17/h1-4,7-8,11,13H,5-6,9-10,12H2/b2-1-,4-3?,7-3?,8-4?,11-7?,14-8-,17-11?. The molecule has 0 amide bonds. The van der Waals surface area contributed by atoms with Crippen LogP contribution in [-0.4, -0.2) is 0 Å². The Morgan fingerprint density at radius 3 is 2.58 bits per heavy atom. The Bertz CT molecular complexity index is 640. The van der Waals surface area contributed by atoms with E-state index in [0.717, 1.165) is 6.42 Å². The highest BCUT2D eigenvalue weighted by Gasteiger charge is 2.31. The molecule has 0 N–H and O–H groups in total. The van der Waals surface area contributed by atoms with E-state index in [1.807, 2.05) is 0 Å². The molecule has 4 aliphatic carbocycles. The van der Waals surface area contributed by atoms with Crippen LogP contribution in [0.3, 0.4) is 0 Å². The van der Waals surface area contributed by atoms with Crippen LogP contribution >= 0.6 is 0 Å². The third-order valence-electron chi connectivity index (χ3n) is 4.47. The Hall–Kier alpha value is -1.82. The van der Waals surface area contributed by atoms with Gasteiger partial charge in [0.25, 0.3) is 0 Å². The van der Waals surface area contributed by atoms with Gasteiger partial charge in [0, 0.05) is 0 Å². The summed E-state index contributed by atoms with van der Waals surface area (Å²) in [5.41, 5.74) is 9.33. The van der Waals surface area contributed by atoms with Crippen LogP contribution in [-0.2, 0) is 0 Å². The summed E-state index contributed by atoms with van der Waals surface area (Å²) in [6.07, 6.45) is 24.2. The third-order valence-corrected chi connectivity index (χ3v) is 4.47. The fourth-order valence-electron chi connectivity index (χ4n) is 3.64. The van der Waals surface area contributed by atoms with Gasteiger partial charge >= 0.3 is 0 Å². The van der Waals surface area contributed by atoms with Crippen LogP contribution in [0.15, 0.2) is 82.0 Å². The Labute approximate surface area is 114 Å². The number of fused-ring (bicyclic) bond motifs is 2. The van der Waals surface area contributed by atoms with Gasteiger partial charge in [-0.15, -0.1) is 0 Å². The lowest BCUT2D eigenvalue weighted by molar-refractivity contribution is 0.898. The summed E-state index contributed by atoms with van der Waals surface area (Å²) >= 11 is 0. The molecule has 0 aromatic heterocycles. The van der Waals surface area contributed by atoms with E-state index in [9.17, 15) is 0 Å². The number of allylic oxidation sites excluding steroid dienone is 14. The Morgan fingerprint density at radius 2 is 1.68 bits per heavy atom. The maximum absolute atomic E-state index is 2.45. The Morgan fingerprint density at radius 1 is 0.842 bits per heavy atom. The van der Waals surface area contributed by atoms with Crippen molar-refractivity contribution in [3.05, 3.63) is 82.0 Å². The molecule has 0 saturated heterocycles. The second-order valence-electron chi connectivity index (χ2n) is 5.55. The normalized spacial score (nSPS) is 28.8. The van der Waals surface area contributed by atoms with Crippen molar-refractivity contribution in [3.63, 3.8) is 0 Å². The van der Waals surface area contributed by atoms with Crippen molar-refractivity contribution in [1.29, 1.82) is 0 Å². The monoisotopic (exact) mass is 246 g/mol. The van der Waals surface area contributed by atoms with E-state index < -0.39 is 0 Å². The molecule has 0 saturated carbocycles. The minimum Gasteiger partial charge on any atom is -0.0882 e.